The van der Waals surface area contributed by atoms with E-state index in [2.05, 4.69) is 98.9 Å². The third kappa shape index (κ3) is 49.3. The topological polar surface area (TPSA) is 99.1 Å². The summed E-state index contributed by atoms with van der Waals surface area (Å²) < 4.78 is 17.4. The monoisotopic (exact) mass is 965 g/mol. The van der Waals surface area contributed by atoms with Crippen LogP contribution in [0.3, 0.4) is 0 Å². The number of rotatable bonds is 50. The van der Waals surface area contributed by atoms with Crippen LogP contribution in [0.25, 0.3) is 0 Å². The third-order valence-electron chi connectivity index (χ3n) is 12.3. The Morgan fingerprint density at radius 1 is 0.449 bits per heavy atom. The summed E-state index contributed by atoms with van der Waals surface area (Å²) >= 11 is 0. The van der Waals surface area contributed by atoms with Crippen molar-refractivity contribution in [3.05, 3.63) is 85.1 Å². The zero-order chi connectivity index (χ0) is 50.6. The fourth-order valence-corrected chi connectivity index (χ4v) is 7.97. The summed E-state index contributed by atoms with van der Waals surface area (Å²) in [7, 11) is 5.53. The Hall–Kier alpha value is -3.49. The van der Waals surface area contributed by atoms with Gasteiger partial charge in [-0.1, -0.05) is 208 Å². The van der Waals surface area contributed by atoms with Crippen molar-refractivity contribution in [3.63, 3.8) is 0 Å². The summed E-state index contributed by atoms with van der Waals surface area (Å²) in [6.07, 6.45) is 67.8. The lowest BCUT2D eigenvalue weighted by atomic mass is 10.0. The summed E-state index contributed by atoms with van der Waals surface area (Å²) in [5.74, 6) is -1.50. The van der Waals surface area contributed by atoms with E-state index in [1.54, 1.807) is 0 Å². The second-order valence-electron chi connectivity index (χ2n) is 19.8. The number of carbonyl (C=O) groups excluding carboxylic acids is 2. The first-order valence-electron chi connectivity index (χ1n) is 28.1. The first-order valence-corrected chi connectivity index (χ1v) is 28.1. The largest absolute Gasteiger partial charge is 0.477 e. The minimum Gasteiger partial charge on any atom is -0.477 e. The molecular weight excluding hydrogens is 859 g/mol. The van der Waals surface area contributed by atoms with Crippen molar-refractivity contribution < 1.29 is 38.2 Å². The number of unbranched alkanes of at least 4 members (excludes halogenated alkanes) is 22. The predicted molar refractivity (Wildman–Crippen MR) is 293 cm³/mol. The van der Waals surface area contributed by atoms with Crippen molar-refractivity contribution in [3.8, 4) is 0 Å². The summed E-state index contributed by atoms with van der Waals surface area (Å²) in [5.41, 5.74) is 0. The van der Waals surface area contributed by atoms with Crippen LogP contribution in [0.2, 0.25) is 0 Å². The van der Waals surface area contributed by atoms with Gasteiger partial charge in [0.25, 0.3) is 0 Å². The van der Waals surface area contributed by atoms with Crippen LogP contribution < -0.4 is 0 Å². The molecule has 2 unspecified atom stereocenters. The Balaban J connectivity index is 4.27. The van der Waals surface area contributed by atoms with E-state index >= 15 is 0 Å². The fourth-order valence-electron chi connectivity index (χ4n) is 7.97. The summed E-state index contributed by atoms with van der Waals surface area (Å²) in [6, 6.07) is -0.625. The zero-order valence-electron chi connectivity index (χ0n) is 45.2. The lowest BCUT2D eigenvalue weighted by molar-refractivity contribution is -0.887. The quantitative estimate of drug-likeness (QED) is 0.0281. The Kier molecular flexibility index (Phi) is 48.3. The summed E-state index contributed by atoms with van der Waals surface area (Å²) in [5, 5.41) is 9.68. The molecule has 0 spiro atoms. The molecule has 0 aromatic heterocycles. The number of carboxylic acid groups (broad SMARTS) is 1. The standard InChI is InChI=1S/C61H105NO7/c1-6-8-10-12-14-16-18-20-22-24-26-28-30-32-33-35-37-39-41-43-45-47-49-51-59(63)68-56-57(55-67-54-53-58(61(65)66)62(3,4)5)69-60(64)52-50-48-46-44-42-40-38-36-34-31-29-27-25-23-21-19-17-15-13-11-9-7-2/h8,10,14,16,20,22,26,28,31-34,37,39,57-58H,6-7,9,11-13,15,17-19,21,23-25,27,29-30,35-36,38,40-56H2,1-5H3/p+1/b10-8+,16-14+,22-20+,28-26+,33-32+,34-31+,39-37+. The maximum absolute atomic E-state index is 12.8. The Labute approximate surface area is 424 Å². The molecule has 0 aliphatic carbocycles. The predicted octanol–water partition coefficient (Wildman–Crippen LogP) is 16.8. The molecule has 1 N–H and O–H groups in total. The molecule has 0 saturated carbocycles. The lowest BCUT2D eigenvalue weighted by Crippen LogP contribution is -2.50. The van der Waals surface area contributed by atoms with Gasteiger partial charge in [0, 0.05) is 19.3 Å². The molecule has 0 aromatic carbocycles. The second-order valence-corrected chi connectivity index (χ2v) is 19.8. The zero-order valence-corrected chi connectivity index (χ0v) is 45.2. The van der Waals surface area contributed by atoms with Crippen molar-refractivity contribution >= 4 is 17.9 Å². The van der Waals surface area contributed by atoms with E-state index in [1.807, 2.05) is 21.1 Å². The molecule has 0 amide bonds. The van der Waals surface area contributed by atoms with Crippen molar-refractivity contribution in [2.75, 3.05) is 41.0 Å². The van der Waals surface area contributed by atoms with Crippen LogP contribution in [-0.2, 0) is 28.6 Å². The minimum absolute atomic E-state index is 0.0473. The maximum Gasteiger partial charge on any atom is 0.362 e. The van der Waals surface area contributed by atoms with Gasteiger partial charge in [0.1, 0.15) is 6.61 Å². The number of likely N-dealkylation sites (N-methyl/N-ethyl adjacent to an activating group) is 1. The molecule has 0 fully saturated rings. The molecule has 0 aliphatic rings. The van der Waals surface area contributed by atoms with E-state index in [1.165, 1.54) is 109 Å². The highest BCUT2D eigenvalue weighted by Gasteiger charge is 2.31. The molecule has 69 heavy (non-hydrogen) atoms. The molecule has 8 heteroatoms. The average molecular weight is 966 g/mol. The lowest BCUT2D eigenvalue weighted by Gasteiger charge is -2.31. The highest BCUT2D eigenvalue weighted by molar-refractivity contribution is 5.72. The number of nitrogens with zero attached hydrogens (tertiary/aromatic N) is 1. The first-order chi connectivity index (χ1) is 33.6. The van der Waals surface area contributed by atoms with Crippen molar-refractivity contribution in [1.82, 2.24) is 0 Å². The fraction of sp³-hybridized carbons (Fsp3) is 0.721. The number of hydrogen-bond donors (Lipinski definition) is 1. The van der Waals surface area contributed by atoms with Gasteiger partial charge in [0.15, 0.2) is 12.1 Å². The third-order valence-corrected chi connectivity index (χ3v) is 12.3. The number of aliphatic carboxylic acids is 1. The molecule has 0 rings (SSSR count). The molecule has 0 saturated heterocycles. The van der Waals surface area contributed by atoms with Crippen LogP contribution in [0.1, 0.15) is 232 Å². The molecule has 0 heterocycles. The molecule has 0 radical (unpaired) electrons. The molecule has 2 atom stereocenters. The van der Waals surface area contributed by atoms with E-state index < -0.39 is 18.1 Å². The van der Waals surface area contributed by atoms with Crippen molar-refractivity contribution in [2.45, 2.75) is 244 Å². The van der Waals surface area contributed by atoms with Crippen LogP contribution in [0.5, 0.6) is 0 Å². The van der Waals surface area contributed by atoms with Gasteiger partial charge in [-0.2, -0.15) is 0 Å². The van der Waals surface area contributed by atoms with Gasteiger partial charge in [-0.3, -0.25) is 9.59 Å². The van der Waals surface area contributed by atoms with Gasteiger partial charge in [0.05, 0.1) is 34.4 Å². The van der Waals surface area contributed by atoms with E-state index in [-0.39, 0.29) is 36.2 Å². The van der Waals surface area contributed by atoms with Crippen LogP contribution >= 0.6 is 0 Å². The van der Waals surface area contributed by atoms with Crippen LogP contribution in [-0.4, -0.2) is 80.6 Å². The number of quaternary nitrogens is 1. The molecule has 0 aliphatic heterocycles. The van der Waals surface area contributed by atoms with Gasteiger partial charge < -0.3 is 23.8 Å². The van der Waals surface area contributed by atoms with Gasteiger partial charge in [-0.05, 0) is 89.9 Å². The number of esters is 2. The molecule has 8 nitrogen and oxygen atoms in total. The average Bonchev–Trinajstić information content (AvgIpc) is 3.31. The number of ether oxygens (including phenoxy) is 3. The Bertz CT molecular complexity index is 1400. The van der Waals surface area contributed by atoms with Gasteiger partial charge >= 0.3 is 17.9 Å². The first kappa shape index (κ1) is 65.5. The van der Waals surface area contributed by atoms with Gasteiger partial charge in [-0.15, -0.1) is 0 Å². The Morgan fingerprint density at radius 2 is 0.812 bits per heavy atom. The normalized spacial score (nSPS) is 13.5. The summed E-state index contributed by atoms with van der Waals surface area (Å²) in [4.78, 5) is 37.3. The molecule has 396 valence electrons. The smallest absolute Gasteiger partial charge is 0.362 e. The van der Waals surface area contributed by atoms with Crippen molar-refractivity contribution in [1.29, 1.82) is 0 Å². The highest BCUT2D eigenvalue weighted by Crippen LogP contribution is 2.15. The molecule has 0 bridgehead atoms. The second kappa shape index (κ2) is 50.9. The van der Waals surface area contributed by atoms with Gasteiger partial charge in [0.2, 0.25) is 0 Å². The Morgan fingerprint density at radius 3 is 1.22 bits per heavy atom. The maximum atomic E-state index is 12.8. The highest BCUT2D eigenvalue weighted by atomic mass is 16.6. The molecule has 0 aromatic rings. The molecular formula is C61H106NO7+. The van der Waals surface area contributed by atoms with Gasteiger partial charge in [-0.25, -0.2) is 4.79 Å². The van der Waals surface area contributed by atoms with E-state index in [4.69, 9.17) is 14.2 Å². The number of allylic oxidation sites excluding steroid dienone is 14. The van der Waals surface area contributed by atoms with E-state index in [0.717, 1.165) is 89.9 Å². The minimum atomic E-state index is -0.880. The van der Waals surface area contributed by atoms with Crippen LogP contribution in [0.15, 0.2) is 85.1 Å². The number of carboxylic acids is 1. The van der Waals surface area contributed by atoms with E-state index in [0.29, 0.717) is 19.3 Å². The van der Waals surface area contributed by atoms with Crippen molar-refractivity contribution in [2.24, 2.45) is 0 Å². The number of hydrogen-bond acceptors (Lipinski definition) is 6. The van der Waals surface area contributed by atoms with Crippen LogP contribution in [0, 0.1) is 0 Å². The number of carbonyl (C=O) groups is 3. The van der Waals surface area contributed by atoms with Crippen LogP contribution in [0.4, 0.5) is 0 Å². The van der Waals surface area contributed by atoms with E-state index in [9.17, 15) is 19.5 Å². The SMILES string of the molecule is CC/C=C/C/C=C/C/C=C/C/C=C/C/C=C/C/C=C/CCCCCCC(=O)OCC(COCCC(C(=O)O)[N+](C)(C)C)OC(=O)CCCCCCCCC/C=C/CCCCCCCCCCCCC. The summed E-state index contributed by atoms with van der Waals surface area (Å²) in [6.45, 7) is 4.61.